The van der Waals surface area contributed by atoms with Crippen molar-refractivity contribution in [2.45, 2.75) is 11.8 Å². The Bertz CT molecular complexity index is 1470. The van der Waals surface area contributed by atoms with Crippen molar-refractivity contribution >= 4 is 50.3 Å². The molecule has 32 heavy (non-hydrogen) atoms. The van der Waals surface area contributed by atoms with Gasteiger partial charge < -0.3 is 10.4 Å². The summed E-state index contributed by atoms with van der Waals surface area (Å²) in [6.45, 7) is 1.79. The van der Waals surface area contributed by atoms with Crippen LogP contribution in [-0.2, 0) is 0 Å². The number of nitrogens with zero attached hydrogens (tertiary/aromatic N) is 3. The second kappa shape index (κ2) is 7.61. The number of nitrogens with one attached hydrogen (secondary N) is 1. The Morgan fingerprint density at radius 2 is 1.88 bits per heavy atom. The van der Waals surface area contributed by atoms with Crippen molar-refractivity contribution in [3.63, 3.8) is 0 Å². The van der Waals surface area contributed by atoms with Crippen molar-refractivity contribution < 1.29 is 14.2 Å². The summed E-state index contributed by atoms with van der Waals surface area (Å²) in [7, 11) is -3.57. The summed E-state index contributed by atoms with van der Waals surface area (Å²) < 4.78 is 26.4. The van der Waals surface area contributed by atoms with E-state index in [0.29, 0.717) is 22.3 Å². The lowest BCUT2D eigenvalue weighted by molar-refractivity contribution is 0.478. The molecule has 0 saturated heterocycles. The van der Waals surface area contributed by atoms with Gasteiger partial charge in [0.2, 0.25) is 0 Å². The molecule has 5 rings (SSSR count). The standard InChI is InChI=1S/C22H18N4O4S2/c1-13(14-10-11-31-12-14)24-26-17-8-4-2-6-15(17)20(27)19(22(26)28)21-23-16-7-3-5-9-18(16)32(29,30)25-21/h2-12,27,29-30H,1H3,(H,23,25)/b24-13+. The number of hydrogen-bond acceptors (Lipinski definition) is 8. The minimum atomic E-state index is -3.57. The molecule has 10 heteroatoms. The molecule has 0 saturated carbocycles. The zero-order chi connectivity index (χ0) is 22.5. The van der Waals surface area contributed by atoms with Gasteiger partial charge in [-0.15, -0.1) is 4.40 Å². The van der Waals surface area contributed by atoms with Crippen molar-refractivity contribution in [3.05, 3.63) is 86.8 Å². The molecule has 0 amide bonds. The lowest BCUT2D eigenvalue weighted by atomic mass is 10.1. The van der Waals surface area contributed by atoms with E-state index in [9.17, 15) is 19.0 Å². The van der Waals surface area contributed by atoms with Crippen LogP contribution in [0.5, 0.6) is 5.75 Å². The first-order valence-corrected chi connectivity index (χ1v) is 12.0. The number of aromatic hydroxyl groups is 1. The number of amidine groups is 1. The number of rotatable bonds is 3. The lowest BCUT2D eigenvalue weighted by Crippen LogP contribution is -2.31. The van der Waals surface area contributed by atoms with Crippen LogP contribution in [-0.4, -0.2) is 30.4 Å². The summed E-state index contributed by atoms with van der Waals surface area (Å²) in [6, 6.07) is 15.3. The number of anilines is 1. The fourth-order valence-electron chi connectivity index (χ4n) is 3.54. The molecular weight excluding hydrogens is 448 g/mol. The van der Waals surface area contributed by atoms with Crippen molar-refractivity contribution in [2.75, 3.05) is 5.32 Å². The summed E-state index contributed by atoms with van der Waals surface area (Å²) in [5, 5.41) is 22.7. The first kappa shape index (κ1) is 20.5. The quantitative estimate of drug-likeness (QED) is 0.319. The molecule has 0 spiro atoms. The number of benzene rings is 2. The van der Waals surface area contributed by atoms with Crippen LogP contribution in [0.15, 0.2) is 84.5 Å². The molecule has 0 fully saturated rings. The highest BCUT2D eigenvalue weighted by Crippen LogP contribution is 2.55. The van der Waals surface area contributed by atoms with Gasteiger partial charge in [-0.3, -0.25) is 13.9 Å². The molecule has 3 heterocycles. The van der Waals surface area contributed by atoms with E-state index in [4.69, 9.17) is 0 Å². The summed E-state index contributed by atoms with van der Waals surface area (Å²) in [6.07, 6.45) is 0. The highest BCUT2D eigenvalue weighted by atomic mass is 32.3. The van der Waals surface area contributed by atoms with Gasteiger partial charge in [-0.1, -0.05) is 35.0 Å². The van der Waals surface area contributed by atoms with Crippen molar-refractivity contribution in [1.82, 2.24) is 4.68 Å². The van der Waals surface area contributed by atoms with E-state index >= 15 is 0 Å². The maximum Gasteiger partial charge on any atom is 0.286 e. The number of aromatic nitrogens is 1. The molecule has 4 aromatic rings. The zero-order valence-electron chi connectivity index (χ0n) is 16.8. The van der Waals surface area contributed by atoms with Crippen molar-refractivity contribution in [1.29, 1.82) is 0 Å². The van der Waals surface area contributed by atoms with E-state index in [2.05, 4.69) is 14.8 Å². The highest BCUT2D eigenvalue weighted by molar-refractivity contribution is 8.23. The molecule has 1 aliphatic heterocycles. The average molecular weight is 467 g/mol. The van der Waals surface area contributed by atoms with Crippen LogP contribution in [0, 0.1) is 0 Å². The molecule has 2 aromatic heterocycles. The molecule has 0 bridgehead atoms. The Kier molecular flexibility index (Phi) is 4.86. The van der Waals surface area contributed by atoms with Crippen LogP contribution in [0.4, 0.5) is 5.69 Å². The smallest absolute Gasteiger partial charge is 0.286 e. The summed E-state index contributed by atoms with van der Waals surface area (Å²) in [5.74, 6) is -0.444. The second-order valence-electron chi connectivity index (χ2n) is 7.14. The monoisotopic (exact) mass is 466 g/mol. The predicted octanol–water partition coefficient (Wildman–Crippen LogP) is 4.94. The molecule has 2 aromatic carbocycles. The third kappa shape index (κ3) is 3.30. The topological polar surface area (TPSA) is 119 Å². The Balaban J connectivity index is 1.78. The second-order valence-corrected chi connectivity index (χ2v) is 9.58. The van der Waals surface area contributed by atoms with Gasteiger partial charge in [0, 0.05) is 10.9 Å². The molecule has 0 unspecified atom stereocenters. The maximum absolute atomic E-state index is 13.6. The van der Waals surface area contributed by atoms with Crippen molar-refractivity contribution in [3.8, 4) is 5.75 Å². The SMILES string of the molecule is C/C(=N\n1c(=O)c(C2=NS(O)(O)c3ccccc3N2)c(O)c2ccccc21)c1ccsc1. The lowest BCUT2D eigenvalue weighted by Gasteiger charge is -2.34. The van der Waals surface area contributed by atoms with E-state index in [1.165, 1.54) is 16.0 Å². The van der Waals surface area contributed by atoms with Gasteiger partial charge in [0.1, 0.15) is 16.2 Å². The average Bonchev–Trinajstić information content (AvgIpc) is 3.31. The molecule has 0 aliphatic carbocycles. The number of fused-ring (bicyclic) bond motifs is 2. The van der Waals surface area contributed by atoms with Gasteiger partial charge in [0.15, 0.2) is 5.84 Å². The number of pyridine rings is 1. The first-order valence-electron chi connectivity index (χ1n) is 9.56. The van der Waals surface area contributed by atoms with Crippen LogP contribution < -0.4 is 10.9 Å². The number of thiophene rings is 1. The summed E-state index contributed by atoms with van der Waals surface area (Å²) in [4.78, 5) is 13.8. The van der Waals surface area contributed by atoms with Gasteiger partial charge in [-0.05, 0) is 48.0 Å². The molecule has 4 N–H and O–H groups in total. The third-order valence-corrected chi connectivity index (χ3v) is 7.18. The number of hydrogen-bond donors (Lipinski definition) is 4. The Labute approximate surface area is 188 Å². The van der Waals surface area contributed by atoms with Gasteiger partial charge in [-0.2, -0.15) is 21.1 Å². The van der Waals surface area contributed by atoms with Crippen LogP contribution >= 0.6 is 22.1 Å². The highest BCUT2D eigenvalue weighted by Gasteiger charge is 2.30. The minimum absolute atomic E-state index is 0.130. The van der Waals surface area contributed by atoms with Crippen LogP contribution in [0.2, 0.25) is 0 Å². The molecule has 0 radical (unpaired) electrons. The van der Waals surface area contributed by atoms with E-state index < -0.39 is 16.3 Å². The Hall–Kier alpha value is -3.44. The van der Waals surface area contributed by atoms with Crippen LogP contribution in [0.25, 0.3) is 10.9 Å². The minimum Gasteiger partial charge on any atom is -0.506 e. The molecular formula is C22H18N4O4S2. The molecule has 0 atom stereocenters. The van der Waals surface area contributed by atoms with E-state index in [1.54, 1.807) is 55.5 Å². The van der Waals surface area contributed by atoms with Gasteiger partial charge in [-0.25, -0.2) is 0 Å². The summed E-state index contributed by atoms with van der Waals surface area (Å²) >= 11 is 1.52. The van der Waals surface area contributed by atoms with E-state index in [-0.39, 0.29) is 22.0 Å². The van der Waals surface area contributed by atoms with Crippen molar-refractivity contribution in [2.24, 2.45) is 9.50 Å². The van der Waals surface area contributed by atoms with Crippen LogP contribution in [0.3, 0.4) is 0 Å². The molecule has 8 nitrogen and oxygen atoms in total. The van der Waals surface area contributed by atoms with Gasteiger partial charge >= 0.3 is 0 Å². The largest absolute Gasteiger partial charge is 0.506 e. The first-order chi connectivity index (χ1) is 15.4. The third-order valence-electron chi connectivity index (χ3n) is 5.11. The fourth-order valence-corrected chi connectivity index (χ4v) is 5.41. The van der Waals surface area contributed by atoms with Gasteiger partial charge in [0.25, 0.3) is 5.56 Å². The van der Waals surface area contributed by atoms with Crippen LogP contribution in [0.1, 0.15) is 18.1 Å². The molecule has 162 valence electrons. The maximum atomic E-state index is 13.6. The normalized spacial score (nSPS) is 16.2. The summed E-state index contributed by atoms with van der Waals surface area (Å²) in [5.41, 5.74) is 1.46. The van der Waals surface area contributed by atoms with E-state index in [0.717, 1.165) is 5.56 Å². The zero-order valence-corrected chi connectivity index (χ0v) is 18.4. The predicted molar refractivity (Wildman–Crippen MR) is 130 cm³/mol. The molecule has 1 aliphatic rings. The Morgan fingerprint density at radius 1 is 1.12 bits per heavy atom. The van der Waals surface area contributed by atoms with E-state index in [1.807, 2.05) is 16.8 Å². The Morgan fingerprint density at radius 3 is 2.66 bits per heavy atom. The number of para-hydroxylation sites is 2. The van der Waals surface area contributed by atoms with Gasteiger partial charge in [0.05, 0.1) is 16.9 Å². The fraction of sp³-hybridized carbons (Fsp3) is 0.0455.